The Morgan fingerprint density at radius 2 is 1.78 bits per heavy atom. The zero-order valence-corrected chi connectivity index (χ0v) is 16.5. The van der Waals surface area contributed by atoms with Crippen molar-refractivity contribution in [2.75, 3.05) is 5.32 Å². The summed E-state index contributed by atoms with van der Waals surface area (Å²) in [5.41, 5.74) is 6.21. The molecule has 1 aliphatic carbocycles. The van der Waals surface area contributed by atoms with Crippen LogP contribution >= 0.6 is 15.9 Å². The van der Waals surface area contributed by atoms with Gasteiger partial charge in [-0.05, 0) is 25.0 Å². The molecule has 27 heavy (non-hydrogen) atoms. The monoisotopic (exact) mass is 432 g/mol. The second-order valence-corrected chi connectivity index (χ2v) is 7.70. The lowest BCUT2D eigenvalue weighted by atomic mass is 9.75. The molecule has 0 aliphatic heterocycles. The summed E-state index contributed by atoms with van der Waals surface area (Å²) >= 11 is 3.36. The molecule has 7 nitrogen and oxygen atoms in total. The van der Waals surface area contributed by atoms with Gasteiger partial charge in [-0.25, -0.2) is 0 Å². The van der Waals surface area contributed by atoms with Gasteiger partial charge in [0, 0.05) is 35.1 Å². The van der Waals surface area contributed by atoms with Crippen molar-refractivity contribution in [3.63, 3.8) is 0 Å². The van der Waals surface area contributed by atoms with E-state index in [2.05, 4.69) is 26.3 Å². The van der Waals surface area contributed by atoms with Crippen molar-refractivity contribution >= 4 is 39.2 Å². The minimum absolute atomic E-state index is 0.0115. The van der Waals surface area contributed by atoms with Crippen molar-refractivity contribution in [3.05, 3.63) is 46.2 Å². The maximum atomic E-state index is 13.0. The number of carbonyl (C=O) groups excluding carboxylic acids is 3. The number of aryl methyl sites for hydroxylation is 1. The number of nitrogens with two attached hydrogens (primary N) is 1. The molecule has 0 unspecified atom stereocenters. The number of ketones is 1. The van der Waals surface area contributed by atoms with Crippen molar-refractivity contribution in [2.24, 2.45) is 24.6 Å². The summed E-state index contributed by atoms with van der Waals surface area (Å²) in [6, 6.07) is 7.17. The number of nitrogens with one attached hydrogen (secondary N) is 1. The van der Waals surface area contributed by atoms with Crippen molar-refractivity contribution in [2.45, 2.75) is 25.7 Å². The minimum atomic E-state index is -0.711. The molecule has 1 aromatic carbocycles. The number of anilines is 1. The molecule has 1 heterocycles. The van der Waals surface area contributed by atoms with E-state index in [0.29, 0.717) is 18.4 Å². The number of nitrogens with zero attached hydrogens (tertiary/aromatic N) is 2. The number of Topliss-reactive ketones (excluding diaryl/α,β-unsaturated/α-hetero) is 1. The van der Waals surface area contributed by atoms with Gasteiger partial charge >= 0.3 is 0 Å². The second-order valence-electron chi connectivity index (χ2n) is 6.79. The standard InChI is InChI=1S/C19H21BrN4O3/c1-24-10-15(16(23-24)18(21)26)22-19(27)14-5-3-2-4-13(14)17(25)11-6-8-12(20)9-7-11/h6-10,13-14H,2-5H2,1H3,(H2,21,26)(H,22,27)/t13-,14-/m1/s1. The van der Waals surface area contributed by atoms with Gasteiger partial charge in [0.2, 0.25) is 5.91 Å². The highest BCUT2D eigenvalue weighted by molar-refractivity contribution is 9.10. The van der Waals surface area contributed by atoms with E-state index in [4.69, 9.17) is 5.73 Å². The lowest BCUT2D eigenvalue weighted by molar-refractivity contribution is -0.121. The Balaban J connectivity index is 1.80. The fraction of sp³-hybridized carbons (Fsp3) is 0.368. The van der Waals surface area contributed by atoms with Gasteiger partial charge in [0.15, 0.2) is 11.5 Å². The predicted molar refractivity (Wildman–Crippen MR) is 104 cm³/mol. The van der Waals surface area contributed by atoms with Crippen molar-refractivity contribution in [1.29, 1.82) is 0 Å². The lowest BCUT2D eigenvalue weighted by Gasteiger charge is -2.29. The lowest BCUT2D eigenvalue weighted by Crippen LogP contribution is -2.36. The van der Waals surface area contributed by atoms with Crippen molar-refractivity contribution in [3.8, 4) is 0 Å². The van der Waals surface area contributed by atoms with E-state index in [1.54, 1.807) is 19.2 Å². The number of carbonyl (C=O) groups is 3. The quantitative estimate of drug-likeness (QED) is 0.707. The van der Waals surface area contributed by atoms with E-state index in [1.807, 2.05) is 12.1 Å². The molecule has 1 aromatic heterocycles. The molecule has 8 heteroatoms. The molecule has 0 saturated heterocycles. The first-order chi connectivity index (χ1) is 12.9. The number of hydrogen-bond acceptors (Lipinski definition) is 4. The molecule has 0 bridgehead atoms. The molecular formula is C19H21BrN4O3. The minimum Gasteiger partial charge on any atom is -0.364 e. The summed E-state index contributed by atoms with van der Waals surface area (Å²) in [5, 5.41) is 6.72. The third kappa shape index (κ3) is 4.27. The Hall–Kier alpha value is -2.48. The van der Waals surface area contributed by atoms with Crippen LogP contribution in [0.5, 0.6) is 0 Å². The number of hydrogen-bond donors (Lipinski definition) is 2. The molecule has 2 amide bonds. The summed E-state index contributed by atoms with van der Waals surface area (Å²) in [6.07, 6.45) is 4.63. The summed E-state index contributed by atoms with van der Waals surface area (Å²) in [7, 11) is 1.64. The molecule has 0 radical (unpaired) electrons. The third-order valence-electron chi connectivity index (χ3n) is 4.89. The zero-order chi connectivity index (χ0) is 19.6. The summed E-state index contributed by atoms with van der Waals surface area (Å²) in [5.74, 6) is -1.84. The molecule has 1 saturated carbocycles. The number of amides is 2. The van der Waals surface area contributed by atoms with E-state index in [0.717, 1.165) is 17.3 Å². The van der Waals surface area contributed by atoms with Crippen LogP contribution in [-0.2, 0) is 11.8 Å². The maximum Gasteiger partial charge on any atom is 0.271 e. The zero-order valence-electron chi connectivity index (χ0n) is 14.9. The first-order valence-electron chi connectivity index (χ1n) is 8.81. The largest absolute Gasteiger partial charge is 0.364 e. The first-order valence-corrected chi connectivity index (χ1v) is 9.60. The Morgan fingerprint density at radius 3 is 2.41 bits per heavy atom. The van der Waals surface area contributed by atoms with Gasteiger partial charge in [0.1, 0.15) is 0 Å². The van der Waals surface area contributed by atoms with E-state index in [9.17, 15) is 14.4 Å². The van der Waals surface area contributed by atoms with E-state index < -0.39 is 11.8 Å². The number of primary amides is 1. The summed E-state index contributed by atoms with van der Waals surface area (Å²) in [4.78, 5) is 37.4. The van der Waals surface area contributed by atoms with Crippen molar-refractivity contribution < 1.29 is 14.4 Å². The van der Waals surface area contributed by atoms with E-state index in [1.165, 1.54) is 10.9 Å². The Morgan fingerprint density at radius 1 is 1.15 bits per heavy atom. The molecule has 3 N–H and O–H groups in total. The number of halogens is 1. The fourth-order valence-corrected chi connectivity index (χ4v) is 3.84. The van der Waals surface area contributed by atoms with Crippen LogP contribution in [0.25, 0.3) is 0 Å². The van der Waals surface area contributed by atoms with Crippen LogP contribution in [0.3, 0.4) is 0 Å². The average Bonchev–Trinajstić information content (AvgIpc) is 3.02. The Bertz CT molecular complexity index is 876. The average molecular weight is 433 g/mol. The number of aromatic nitrogens is 2. The van der Waals surface area contributed by atoms with Crippen LogP contribution in [0.15, 0.2) is 34.9 Å². The summed E-state index contributed by atoms with van der Waals surface area (Å²) < 4.78 is 2.31. The van der Waals surface area contributed by atoms with Crippen LogP contribution in [0, 0.1) is 11.8 Å². The fourth-order valence-electron chi connectivity index (χ4n) is 3.57. The van der Waals surface area contributed by atoms with Crippen LogP contribution < -0.4 is 11.1 Å². The van der Waals surface area contributed by atoms with E-state index >= 15 is 0 Å². The molecule has 2 atom stereocenters. The highest BCUT2D eigenvalue weighted by atomic mass is 79.9. The predicted octanol–water partition coefficient (Wildman–Crippen LogP) is 2.91. The van der Waals surface area contributed by atoms with Gasteiger partial charge in [-0.15, -0.1) is 0 Å². The van der Waals surface area contributed by atoms with Crippen LogP contribution in [-0.4, -0.2) is 27.4 Å². The topological polar surface area (TPSA) is 107 Å². The van der Waals surface area contributed by atoms with Crippen LogP contribution in [0.4, 0.5) is 5.69 Å². The van der Waals surface area contributed by atoms with Gasteiger partial charge in [0.05, 0.1) is 5.69 Å². The highest BCUT2D eigenvalue weighted by Gasteiger charge is 2.36. The third-order valence-corrected chi connectivity index (χ3v) is 5.42. The second kappa shape index (κ2) is 8.04. The van der Waals surface area contributed by atoms with E-state index in [-0.39, 0.29) is 29.0 Å². The van der Waals surface area contributed by atoms with Crippen LogP contribution in [0.1, 0.15) is 46.5 Å². The smallest absolute Gasteiger partial charge is 0.271 e. The van der Waals surface area contributed by atoms with Gasteiger partial charge in [-0.2, -0.15) is 5.10 Å². The molecule has 3 rings (SSSR count). The highest BCUT2D eigenvalue weighted by Crippen LogP contribution is 2.34. The first kappa shape index (κ1) is 19.3. The number of rotatable bonds is 5. The molecule has 1 fully saturated rings. The summed E-state index contributed by atoms with van der Waals surface area (Å²) in [6.45, 7) is 0. The van der Waals surface area contributed by atoms with Crippen molar-refractivity contribution in [1.82, 2.24) is 9.78 Å². The van der Waals surface area contributed by atoms with Crippen LogP contribution in [0.2, 0.25) is 0 Å². The molecule has 142 valence electrons. The Kier molecular flexibility index (Phi) is 5.74. The maximum absolute atomic E-state index is 13.0. The molecule has 1 aliphatic rings. The van der Waals surface area contributed by atoms with Gasteiger partial charge in [-0.3, -0.25) is 19.1 Å². The SMILES string of the molecule is Cn1cc(NC(=O)[C@@H]2CCCC[C@H]2C(=O)c2ccc(Br)cc2)c(C(N)=O)n1. The molecule has 2 aromatic rings. The Labute approximate surface area is 165 Å². The molecule has 0 spiro atoms. The molecular weight excluding hydrogens is 412 g/mol. The van der Waals surface area contributed by atoms with Gasteiger partial charge in [-0.1, -0.05) is 40.9 Å². The normalized spacial score (nSPS) is 19.5. The number of benzene rings is 1. The van der Waals surface area contributed by atoms with Gasteiger partial charge in [0.25, 0.3) is 5.91 Å². The van der Waals surface area contributed by atoms with Gasteiger partial charge < -0.3 is 11.1 Å².